The standard InChI is InChI=1S/C8H9BrN4.C2H6/c1-5-4-11-8-6(10-2)3-7(9)12-13(5)8;1-2/h3-4,10H,1-2H3;1-2H3. The number of fused-ring (bicyclic) bond motifs is 1. The smallest absolute Gasteiger partial charge is 0.177 e. The molecule has 82 valence electrons. The fourth-order valence-corrected chi connectivity index (χ4v) is 1.62. The van der Waals surface area contributed by atoms with Crippen molar-refractivity contribution in [3.63, 3.8) is 0 Å². The van der Waals surface area contributed by atoms with Gasteiger partial charge in [0.05, 0.1) is 17.6 Å². The minimum Gasteiger partial charge on any atom is -0.385 e. The number of nitrogens with one attached hydrogen (secondary N) is 1. The Labute approximate surface area is 97.8 Å². The van der Waals surface area contributed by atoms with E-state index in [1.54, 1.807) is 10.7 Å². The Bertz CT molecular complexity index is 450. The Kier molecular flexibility index (Phi) is 4.08. The van der Waals surface area contributed by atoms with E-state index >= 15 is 0 Å². The summed E-state index contributed by atoms with van der Waals surface area (Å²) < 4.78 is 2.60. The summed E-state index contributed by atoms with van der Waals surface area (Å²) in [6, 6.07) is 1.90. The summed E-state index contributed by atoms with van der Waals surface area (Å²) in [6.07, 6.45) is 1.80. The largest absolute Gasteiger partial charge is 0.385 e. The van der Waals surface area contributed by atoms with E-state index in [9.17, 15) is 0 Å². The summed E-state index contributed by atoms with van der Waals surface area (Å²) in [6.45, 7) is 5.97. The van der Waals surface area contributed by atoms with Gasteiger partial charge in [-0.3, -0.25) is 0 Å². The van der Waals surface area contributed by atoms with Crippen molar-refractivity contribution in [1.29, 1.82) is 0 Å². The van der Waals surface area contributed by atoms with E-state index in [1.165, 1.54) is 0 Å². The lowest BCUT2D eigenvalue weighted by Crippen LogP contribution is -1.99. The van der Waals surface area contributed by atoms with E-state index in [4.69, 9.17) is 0 Å². The number of aryl methyl sites for hydroxylation is 1. The Hall–Kier alpha value is -1.10. The van der Waals surface area contributed by atoms with Crippen molar-refractivity contribution >= 4 is 27.3 Å². The molecule has 0 unspecified atom stereocenters. The minimum absolute atomic E-state index is 0.797. The monoisotopic (exact) mass is 270 g/mol. The van der Waals surface area contributed by atoms with Crippen molar-refractivity contribution < 1.29 is 0 Å². The molecule has 0 saturated carbocycles. The second-order valence-corrected chi connectivity index (χ2v) is 3.58. The van der Waals surface area contributed by atoms with Crippen LogP contribution in [0, 0.1) is 6.92 Å². The van der Waals surface area contributed by atoms with Gasteiger partial charge in [-0.2, -0.15) is 5.10 Å². The van der Waals surface area contributed by atoms with Crippen LogP contribution in [0.1, 0.15) is 19.5 Å². The molecular formula is C10H15BrN4. The molecule has 0 amide bonds. The van der Waals surface area contributed by atoms with Crippen molar-refractivity contribution in [2.75, 3.05) is 12.4 Å². The van der Waals surface area contributed by atoms with Gasteiger partial charge >= 0.3 is 0 Å². The van der Waals surface area contributed by atoms with Crippen LogP contribution in [0.15, 0.2) is 16.9 Å². The van der Waals surface area contributed by atoms with Gasteiger partial charge in [-0.05, 0) is 28.9 Å². The van der Waals surface area contributed by atoms with Gasteiger partial charge in [-0.15, -0.1) is 0 Å². The maximum absolute atomic E-state index is 4.27. The van der Waals surface area contributed by atoms with Crippen LogP contribution in [0.2, 0.25) is 0 Å². The second kappa shape index (κ2) is 5.11. The van der Waals surface area contributed by atoms with Crippen LogP contribution < -0.4 is 5.32 Å². The van der Waals surface area contributed by atoms with Crippen LogP contribution >= 0.6 is 15.9 Å². The molecule has 0 spiro atoms. The van der Waals surface area contributed by atoms with Gasteiger partial charge in [-0.1, -0.05) is 13.8 Å². The molecule has 0 bridgehead atoms. The lowest BCUT2D eigenvalue weighted by atomic mass is 10.4. The van der Waals surface area contributed by atoms with E-state index in [0.29, 0.717) is 0 Å². The second-order valence-electron chi connectivity index (χ2n) is 2.77. The molecule has 5 heteroatoms. The van der Waals surface area contributed by atoms with E-state index < -0.39 is 0 Å². The van der Waals surface area contributed by atoms with Crippen LogP contribution in [0.25, 0.3) is 5.65 Å². The van der Waals surface area contributed by atoms with Crippen LogP contribution in [-0.2, 0) is 0 Å². The van der Waals surface area contributed by atoms with E-state index in [0.717, 1.165) is 21.6 Å². The summed E-state index contributed by atoms with van der Waals surface area (Å²) >= 11 is 3.34. The Morgan fingerprint density at radius 1 is 1.40 bits per heavy atom. The Balaban J connectivity index is 0.000000531. The van der Waals surface area contributed by atoms with Gasteiger partial charge in [0.2, 0.25) is 0 Å². The first kappa shape index (κ1) is 12.0. The van der Waals surface area contributed by atoms with Crippen molar-refractivity contribution in [3.05, 3.63) is 22.6 Å². The minimum atomic E-state index is 0.797. The van der Waals surface area contributed by atoms with Crippen LogP contribution in [0.5, 0.6) is 0 Å². The molecule has 1 N–H and O–H groups in total. The van der Waals surface area contributed by atoms with Crippen LogP contribution in [0.3, 0.4) is 0 Å². The SMILES string of the molecule is CC.CNc1cc(Br)nn2c(C)cnc12. The van der Waals surface area contributed by atoms with Crippen LogP contribution in [0.4, 0.5) is 5.69 Å². The van der Waals surface area contributed by atoms with Gasteiger partial charge < -0.3 is 5.32 Å². The van der Waals surface area contributed by atoms with Crippen molar-refractivity contribution in [3.8, 4) is 0 Å². The van der Waals surface area contributed by atoms with Gasteiger partial charge in [0.15, 0.2) is 5.65 Å². The first-order valence-electron chi connectivity index (χ1n) is 4.91. The molecule has 0 atom stereocenters. The zero-order valence-electron chi connectivity index (χ0n) is 9.37. The van der Waals surface area contributed by atoms with Gasteiger partial charge in [0, 0.05) is 7.05 Å². The summed E-state index contributed by atoms with van der Waals surface area (Å²) in [5.41, 5.74) is 2.84. The quantitative estimate of drug-likeness (QED) is 0.867. The normalized spacial score (nSPS) is 9.67. The highest BCUT2D eigenvalue weighted by Crippen LogP contribution is 2.19. The van der Waals surface area contributed by atoms with E-state index in [-0.39, 0.29) is 0 Å². The topological polar surface area (TPSA) is 42.2 Å². The number of imidazole rings is 1. The fraction of sp³-hybridized carbons (Fsp3) is 0.400. The maximum atomic E-state index is 4.27. The number of halogens is 1. The highest BCUT2D eigenvalue weighted by molar-refractivity contribution is 9.10. The first-order chi connectivity index (χ1) is 7.22. The molecule has 4 nitrogen and oxygen atoms in total. The molecule has 0 fully saturated rings. The van der Waals surface area contributed by atoms with Crippen molar-refractivity contribution in [1.82, 2.24) is 14.6 Å². The lowest BCUT2D eigenvalue weighted by molar-refractivity contribution is 0.884. The van der Waals surface area contributed by atoms with E-state index in [2.05, 4.69) is 31.3 Å². The molecule has 2 aromatic rings. The van der Waals surface area contributed by atoms with Gasteiger partial charge in [0.25, 0.3) is 0 Å². The number of rotatable bonds is 1. The molecule has 2 rings (SSSR count). The molecular weight excluding hydrogens is 256 g/mol. The predicted molar refractivity (Wildman–Crippen MR) is 66.3 cm³/mol. The first-order valence-corrected chi connectivity index (χ1v) is 5.70. The fourth-order valence-electron chi connectivity index (χ4n) is 1.23. The van der Waals surface area contributed by atoms with Gasteiger partial charge in [0.1, 0.15) is 4.60 Å². The Morgan fingerprint density at radius 3 is 2.67 bits per heavy atom. The molecule has 0 aliphatic carbocycles. The number of hydrogen-bond donors (Lipinski definition) is 1. The third-order valence-corrected chi connectivity index (χ3v) is 2.27. The molecule has 2 aromatic heterocycles. The average Bonchev–Trinajstić information content (AvgIpc) is 2.62. The summed E-state index contributed by atoms with van der Waals surface area (Å²) in [5, 5.41) is 7.35. The third-order valence-electron chi connectivity index (χ3n) is 1.88. The molecule has 0 saturated heterocycles. The lowest BCUT2D eigenvalue weighted by Gasteiger charge is -2.03. The number of hydrogen-bond acceptors (Lipinski definition) is 3. The average molecular weight is 271 g/mol. The highest BCUT2D eigenvalue weighted by Gasteiger charge is 2.06. The number of nitrogens with zero attached hydrogens (tertiary/aromatic N) is 3. The van der Waals surface area contributed by atoms with Crippen LogP contribution in [-0.4, -0.2) is 21.6 Å². The molecule has 15 heavy (non-hydrogen) atoms. The zero-order chi connectivity index (χ0) is 11.4. The summed E-state index contributed by atoms with van der Waals surface area (Å²) in [5.74, 6) is 0. The summed E-state index contributed by atoms with van der Waals surface area (Å²) in [4.78, 5) is 4.25. The zero-order valence-corrected chi connectivity index (χ0v) is 11.0. The Morgan fingerprint density at radius 2 is 2.07 bits per heavy atom. The maximum Gasteiger partial charge on any atom is 0.177 e. The molecule has 0 radical (unpaired) electrons. The number of anilines is 1. The molecule has 0 aliphatic rings. The molecule has 0 aromatic carbocycles. The van der Waals surface area contributed by atoms with Crippen molar-refractivity contribution in [2.45, 2.75) is 20.8 Å². The highest BCUT2D eigenvalue weighted by atomic mass is 79.9. The van der Waals surface area contributed by atoms with Crippen molar-refractivity contribution in [2.24, 2.45) is 0 Å². The summed E-state index contributed by atoms with van der Waals surface area (Å²) in [7, 11) is 1.87. The van der Waals surface area contributed by atoms with Gasteiger partial charge in [-0.25, -0.2) is 9.50 Å². The number of aromatic nitrogens is 3. The predicted octanol–water partition coefficient (Wildman–Crippen LogP) is 2.87. The molecule has 0 aliphatic heterocycles. The molecule has 2 heterocycles. The van der Waals surface area contributed by atoms with E-state index in [1.807, 2.05) is 33.9 Å². The third kappa shape index (κ3) is 2.28.